The van der Waals surface area contributed by atoms with Crippen LogP contribution in [0.3, 0.4) is 0 Å². The summed E-state index contributed by atoms with van der Waals surface area (Å²) in [5.41, 5.74) is 2.97. The summed E-state index contributed by atoms with van der Waals surface area (Å²) in [5.74, 6) is 1.23. The highest BCUT2D eigenvalue weighted by atomic mass is 35.5. The average molecular weight is 277 g/mol. The summed E-state index contributed by atoms with van der Waals surface area (Å²) in [5, 5.41) is 4.86. The van der Waals surface area contributed by atoms with Crippen molar-refractivity contribution < 1.29 is 0 Å². The molecule has 2 heterocycles. The number of hydrogen-bond donors (Lipinski definition) is 0. The summed E-state index contributed by atoms with van der Waals surface area (Å²) >= 11 is 6.16. The molecule has 0 aliphatic heterocycles. The summed E-state index contributed by atoms with van der Waals surface area (Å²) in [4.78, 5) is 9.06. The Bertz CT molecular complexity index is 599. The third-order valence-corrected chi connectivity index (χ3v) is 3.94. The van der Waals surface area contributed by atoms with Crippen molar-refractivity contribution in [3.63, 3.8) is 0 Å². The van der Waals surface area contributed by atoms with Gasteiger partial charge in [-0.15, -0.1) is 0 Å². The van der Waals surface area contributed by atoms with Crippen LogP contribution in [0.5, 0.6) is 0 Å². The van der Waals surface area contributed by atoms with Gasteiger partial charge in [0.05, 0.1) is 11.3 Å². The maximum atomic E-state index is 6.16. The number of rotatable bonds is 2. The zero-order chi connectivity index (χ0) is 13.4. The molecule has 1 saturated carbocycles. The van der Waals surface area contributed by atoms with Gasteiger partial charge in [-0.3, -0.25) is 4.68 Å². The average Bonchev–Trinajstić information content (AvgIpc) is 2.98. The Labute approximate surface area is 117 Å². The lowest BCUT2D eigenvalue weighted by Crippen LogP contribution is -2.00. The molecule has 1 aliphatic carbocycles. The first-order valence-electron chi connectivity index (χ1n) is 6.68. The van der Waals surface area contributed by atoms with E-state index in [4.69, 9.17) is 16.6 Å². The third-order valence-electron chi connectivity index (χ3n) is 3.74. The minimum absolute atomic E-state index is 0.523. The SMILES string of the molecule is Cc1nn(C)cc1-c1nc(Cl)cc(C2CCCC2)n1. The fraction of sp³-hybridized carbons (Fsp3) is 0.500. The third kappa shape index (κ3) is 2.50. The first-order valence-corrected chi connectivity index (χ1v) is 7.06. The van der Waals surface area contributed by atoms with E-state index in [0.717, 1.165) is 17.0 Å². The van der Waals surface area contributed by atoms with Crippen LogP contribution in [0.4, 0.5) is 0 Å². The molecule has 3 rings (SSSR count). The Kier molecular flexibility index (Phi) is 3.27. The molecule has 0 unspecified atom stereocenters. The van der Waals surface area contributed by atoms with E-state index in [9.17, 15) is 0 Å². The standard InChI is InChI=1S/C14H17ClN4/c1-9-11(8-19(2)18-9)14-16-12(7-13(15)17-14)10-5-3-4-6-10/h7-8,10H,3-6H2,1-2H3. The number of aryl methyl sites for hydroxylation is 2. The summed E-state index contributed by atoms with van der Waals surface area (Å²) < 4.78 is 1.78. The molecule has 1 fully saturated rings. The number of hydrogen-bond acceptors (Lipinski definition) is 3. The second-order valence-electron chi connectivity index (χ2n) is 5.22. The molecular weight excluding hydrogens is 260 g/mol. The topological polar surface area (TPSA) is 43.6 Å². The fourth-order valence-corrected chi connectivity index (χ4v) is 3.00. The number of halogens is 1. The van der Waals surface area contributed by atoms with Crippen LogP contribution in [0.2, 0.25) is 5.15 Å². The van der Waals surface area contributed by atoms with Crippen LogP contribution < -0.4 is 0 Å². The lowest BCUT2D eigenvalue weighted by Gasteiger charge is -2.10. The molecule has 1 aliphatic rings. The summed E-state index contributed by atoms with van der Waals surface area (Å²) in [7, 11) is 1.90. The Morgan fingerprint density at radius 2 is 2.00 bits per heavy atom. The summed E-state index contributed by atoms with van der Waals surface area (Å²) in [6, 6.07) is 1.91. The lowest BCUT2D eigenvalue weighted by atomic mass is 10.0. The molecule has 4 nitrogen and oxygen atoms in total. The Balaban J connectivity index is 2.04. The van der Waals surface area contributed by atoms with Crippen molar-refractivity contribution in [2.45, 2.75) is 38.5 Å². The van der Waals surface area contributed by atoms with Crippen molar-refractivity contribution >= 4 is 11.6 Å². The van der Waals surface area contributed by atoms with E-state index in [-0.39, 0.29) is 0 Å². The highest BCUT2D eigenvalue weighted by Gasteiger charge is 2.20. The van der Waals surface area contributed by atoms with E-state index in [1.165, 1.54) is 25.7 Å². The van der Waals surface area contributed by atoms with Crippen LogP contribution in [0, 0.1) is 6.92 Å². The molecule has 2 aromatic rings. The Morgan fingerprint density at radius 1 is 1.26 bits per heavy atom. The Hall–Kier alpha value is -1.42. The van der Waals surface area contributed by atoms with Crippen LogP contribution in [-0.2, 0) is 7.05 Å². The van der Waals surface area contributed by atoms with Gasteiger partial charge in [0.1, 0.15) is 5.15 Å². The van der Waals surface area contributed by atoms with Gasteiger partial charge in [-0.05, 0) is 25.8 Å². The molecule has 19 heavy (non-hydrogen) atoms. The molecule has 0 radical (unpaired) electrons. The zero-order valence-corrected chi connectivity index (χ0v) is 12.0. The normalized spacial score (nSPS) is 16.2. The van der Waals surface area contributed by atoms with Crippen molar-refractivity contribution in [2.24, 2.45) is 7.05 Å². The minimum atomic E-state index is 0.523. The molecule has 5 heteroatoms. The Morgan fingerprint density at radius 3 is 2.63 bits per heavy atom. The van der Waals surface area contributed by atoms with Crippen molar-refractivity contribution in [1.82, 2.24) is 19.7 Å². The van der Waals surface area contributed by atoms with Crippen molar-refractivity contribution in [3.8, 4) is 11.4 Å². The van der Waals surface area contributed by atoms with Gasteiger partial charge in [0.15, 0.2) is 5.82 Å². The van der Waals surface area contributed by atoms with Gasteiger partial charge >= 0.3 is 0 Å². The van der Waals surface area contributed by atoms with Gasteiger partial charge in [-0.25, -0.2) is 9.97 Å². The van der Waals surface area contributed by atoms with Crippen molar-refractivity contribution in [1.29, 1.82) is 0 Å². The second-order valence-corrected chi connectivity index (χ2v) is 5.61. The van der Waals surface area contributed by atoms with Crippen molar-refractivity contribution in [2.75, 3.05) is 0 Å². The first-order chi connectivity index (χ1) is 9.13. The van der Waals surface area contributed by atoms with Gasteiger partial charge < -0.3 is 0 Å². The van der Waals surface area contributed by atoms with Gasteiger partial charge in [0, 0.05) is 24.9 Å². The largest absolute Gasteiger partial charge is 0.275 e. The quantitative estimate of drug-likeness (QED) is 0.789. The van der Waals surface area contributed by atoms with E-state index in [1.54, 1.807) is 4.68 Å². The predicted octanol–water partition coefficient (Wildman–Crippen LogP) is 3.50. The van der Waals surface area contributed by atoms with Gasteiger partial charge in [0.25, 0.3) is 0 Å². The molecule has 0 atom stereocenters. The van der Waals surface area contributed by atoms with Gasteiger partial charge in [0.2, 0.25) is 0 Å². The highest BCUT2D eigenvalue weighted by molar-refractivity contribution is 6.29. The number of nitrogens with zero attached hydrogens (tertiary/aromatic N) is 4. The predicted molar refractivity (Wildman–Crippen MR) is 75.2 cm³/mol. The van der Waals surface area contributed by atoms with Crippen LogP contribution in [0.25, 0.3) is 11.4 Å². The molecule has 0 saturated heterocycles. The molecule has 100 valence electrons. The summed E-state index contributed by atoms with van der Waals surface area (Å²) in [6.07, 6.45) is 6.93. The van der Waals surface area contributed by atoms with Gasteiger partial charge in [-0.1, -0.05) is 24.4 Å². The smallest absolute Gasteiger partial charge is 0.164 e. The lowest BCUT2D eigenvalue weighted by molar-refractivity contribution is 0.695. The zero-order valence-electron chi connectivity index (χ0n) is 11.2. The maximum Gasteiger partial charge on any atom is 0.164 e. The minimum Gasteiger partial charge on any atom is -0.275 e. The first kappa shape index (κ1) is 12.6. The van der Waals surface area contributed by atoms with Gasteiger partial charge in [-0.2, -0.15) is 5.10 Å². The van der Waals surface area contributed by atoms with Crippen LogP contribution in [-0.4, -0.2) is 19.7 Å². The van der Waals surface area contributed by atoms with Crippen LogP contribution in [0.15, 0.2) is 12.3 Å². The molecule has 0 aromatic carbocycles. The van der Waals surface area contributed by atoms with Crippen LogP contribution in [0.1, 0.15) is 43.0 Å². The van der Waals surface area contributed by atoms with E-state index < -0.39 is 0 Å². The van der Waals surface area contributed by atoms with E-state index in [2.05, 4.69) is 10.1 Å². The monoisotopic (exact) mass is 276 g/mol. The maximum absolute atomic E-state index is 6.16. The second kappa shape index (κ2) is 4.93. The molecule has 2 aromatic heterocycles. The van der Waals surface area contributed by atoms with E-state index in [1.807, 2.05) is 26.2 Å². The number of aromatic nitrogens is 4. The molecular formula is C14H17ClN4. The van der Waals surface area contributed by atoms with Crippen LogP contribution >= 0.6 is 11.6 Å². The molecule has 0 bridgehead atoms. The molecule has 0 spiro atoms. The molecule has 0 N–H and O–H groups in total. The molecule has 0 amide bonds. The van der Waals surface area contributed by atoms with Crippen molar-refractivity contribution in [3.05, 3.63) is 28.8 Å². The fourth-order valence-electron chi connectivity index (χ4n) is 2.81. The summed E-state index contributed by atoms with van der Waals surface area (Å²) in [6.45, 7) is 1.97. The van der Waals surface area contributed by atoms with E-state index >= 15 is 0 Å². The highest BCUT2D eigenvalue weighted by Crippen LogP contribution is 2.34. The van der Waals surface area contributed by atoms with E-state index in [0.29, 0.717) is 16.9 Å².